The Hall–Kier alpha value is -3.12. The summed E-state index contributed by atoms with van der Waals surface area (Å²) >= 11 is 1.48. The standard InChI is InChI=1S/C25H24N4OS/c1-4-13-28-16(2)14-19(17(28)3)23(30)15-31-25-27-20-10-6-5-9-18(20)24-26-21-11-7-8-12-22(21)29(24)25/h5-12,14H,4,13,15H2,1-3H3. The number of fused-ring (bicyclic) bond motifs is 5. The Morgan fingerprint density at radius 3 is 2.55 bits per heavy atom. The Morgan fingerprint density at radius 2 is 1.74 bits per heavy atom. The number of rotatable bonds is 6. The van der Waals surface area contributed by atoms with Crippen LogP contribution in [0.15, 0.2) is 59.8 Å². The van der Waals surface area contributed by atoms with Gasteiger partial charge in [-0.05, 0) is 50.6 Å². The highest BCUT2D eigenvalue weighted by atomic mass is 32.2. The maximum atomic E-state index is 13.1. The van der Waals surface area contributed by atoms with Gasteiger partial charge in [-0.25, -0.2) is 9.97 Å². The number of carbonyl (C=O) groups excluding carboxylic acids is 1. The molecule has 0 aliphatic heterocycles. The summed E-state index contributed by atoms with van der Waals surface area (Å²) in [6.07, 6.45) is 1.05. The van der Waals surface area contributed by atoms with Gasteiger partial charge in [0.05, 0.1) is 22.3 Å². The van der Waals surface area contributed by atoms with E-state index in [1.807, 2.05) is 55.5 Å². The van der Waals surface area contributed by atoms with Gasteiger partial charge in [-0.3, -0.25) is 9.20 Å². The molecule has 2 aromatic carbocycles. The number of ketones is 1. The first-order valence-corrected chi connectivity index (χ1v) is 11.6. The van der Waals surface area contributed by atoms with Gasteiger partial charge in [0.1, 0.15) is 5.65 Å². The largest absolute Gasteiger partial charge is 0.348 e. The highest BCUT2D eigenvalue weighted by Gasteiger charge is 2.18. The fourth-order valence-corrected chi connectivity index (χ4v) is 5.16. The predicted molar refractivity (Wildman–Crippen MR) is 127 cm³/mol. The fraction of sp³-hybridized carbons (Fsp3) is 0.240. The third-order valence-electron chi connectivity index (χ3n) is 5.77. The van der Waals surface area contributed by atoms with Gasteiger partial charge in [0.15, 0.2) is 10.9 Å². The van der Waals surface area contributed by atoms with Crippen LogP contribution in [0.5, 0.6) is 0 Å². The van der Waals surface area contributed by atoms with E-state index in [0.717, 1.165) is 62.7 Å². The van der Waals surface area contributed by atoms with Crippen molar-refractivity contribution in [1.29, 1.82) is 0 Å². The first-order valence-electron chi connectivity index (χ1n) is 10.6. The number of Topliss-reactive ketones (excluding diaryl/α,β-unsaturated/α-hetero) is 1. The molecule has 0 fully saturated rings. The van der Waals surface area contributed by atoms with Crippen LogP contribution < -0.4 is 0 Å². The number of aryl methyl sites for hydroxylation is 1. The number of hydrogen-bond acceptors (Lipinski definition) is 4. The number of carbonyl (C=O) groups is 1. The van der Waals surface area contributed by atoms with Crippen LogP contribution in [-0.2, 0) is 6.54 Å². The van der Waals surface area contributed by atoms with E-state index < -0.39 is 0 Å². The average Bonchev–Trinajstić information content (AvgIpc) is 3.31. The van der Waals surface area contributed by atoms with Gasteiger partial charge in [-0.1, -0.05) is 43.0 Å². The molecule has 5 rings (SSSR count). The molecule has 0 bridgehead atoms. The number of imidazole rings is 1. The lowest BCUT2D eigenvalue weighted by Gasteiger charge is -2.09. The topological polar surface area (TPSA) is 52.2 Å². The Morgan fingerprint density at radius 1 is 1.00 bits per heavy atom. The van der Waals surface area contributed by atoms with Crippen molar-refractivity contribution >= 4 is 45.1 Å². The zero-order valence-electron chi connectivity index (χ0n) is 17.9. The van der Waals surface area contributed by atoms with Crippen LogP contribution in [0.25, 0.3) is 27.6 Å². The zero-order chi connectivity index (χ0) is 21.5. The molecule has 0 N–H and O–H groups in total. The number of aromatic nitrogens is 4. The molecule has 0 aliphatic carbocycles. The summed E-state index contributed by atoms with van der Waals surface area (Å²) in [6, 6.07) is 18.1. The summed E-state index contributed by atoms with van der Waals surface area (Å²) in [6.45, 7) is 7.20. The second-order valence-corrected chi connectivity index (χ2v) is 8.76. The molecule has 0 spiro atoms. The molecule has 0 aliphatic rings. The molecule has 31 heavy (non-hydrogen) atoms. The highest BCUT2D eigenvalue weighted by molar-refractivity contribution is 7.99. The van der Waals surface area contributed by atoms with Crippen LogP contribution in [0.4, 0.5) is 0 Å². The lowest BCUT2D eigenvalue weighted by Crippen LogP contribution is -2.07. The summed E-state index contributed by atoms with van der Waals surface area (Å²) < 4.78 is 4.31. The molecule has 3 aromatic heterocycles. The Kier molecular flexibility index (Phi) is 5.02. The molecule has 0 saturated heterocycles. The summed E-state index contributed by atoms with van der Waals surface area (Å²) in [4.78, 5) is 22.9. The van der Waals surface area contributed by atoms with Crippen LogP contribution in [0, 0.1) is 13.8 Å². The monoisotopic (exact) mass is 428 g/mol. The Bertz CT molecular complexity index is 1450. The molecular weight excluding hydrogens is 404 g/mol. The van der Waals surface area contributed by atoms with Crippen LogP contribution in [0.3, 0.4) is 0 Å². The van der Waals surface area contributed by atoms with Gasteiger partial charge in [0.25, 0.3) is 0 Å². The van der Waals surface area contributed by atoms with E-state index in [4.69, 9.17) is 9.97 Å². The minimum Gasteiger partial charge on any atom is -0.348 e. The molecule has 5 aromatic rings. The van der Waals surface area contributed by atoms with Crippen molar-refractivity contribution < 1.29 is 4.79 Å². The number of benzene rings is 2. The van der Waals surface area contributed by atoms with Crippen molar-refractivity contribution in [3.05, 3.63) is 71.5 Å². The predicted octanol–water partition coefficient (Wildman–Crippen LogP) is 5.84. The summed E-state index contributed by atoms with van der Waals surface area (Å²) in [5.74, 6) is 0.469. The van der Waals surface area contributed by atoms with E-state index in [1.54, 1.807) is 0 Å². The number of nitrogens with zero attached hydrogens (tertiary/aromatic N) is 4. The van der Waals surface area contributed by atoms with E-state index in [0.29, 0.717) is 5.75 Å². The lowest BCUT2D eigenvalue weighted by atomic mass is 10.2. The van der Waals surface area contributed by atoms with Gasteiger partial charge in [0.2, 0.25) is 0 Å². The molecule has 0 unspecified atom stereocenters. The smallest absolute Gasteiger partial charge is 0.175 e. The molecule has 0 saturated carbocycles. The molecule has 156 valence electrons. The maximum absolute atomic E-state index is 13.1. The molecule has 0 atom stereocenters. The molecule has 5 nitrogen and oxygen atoms in total. The number of hydrogen-bond donors (Lipinski definition) is 0. The highest BCUT2D eigenvalue weighted by Crippen LogP contribution is 2.29. The van der Waals surface area contributed by atoms with Gasteiger partial charge < -0.3 is 4.57 Å². The average molecular weight is 429 g/mol. The second-order valence-electron chi connectivity index (χ2n) is 7.82. The summed E-state index contributed by atoms with van der Waals surface area (Å²) in [7, 11) is 0. The van der Waals surface area contributed by atoms with Crippen molar-refractivity contribution in [3.63, 3.8) is 0 Å². The second kappa shape index (κ2) is 7.85. The van der Waals surface area contributed by atoms with Crippen LogP contribution in [0.2, 0.25) is 0 Å². The Labute approximate surface area is 185 Å². The van der Waals surface area contributed by atoms with Crippen molar-refractivity contribution in [1.82, 2.24) is 18.9 Å². The normalized spacial score (nSPS) is 11.7. The SMILES string of the molecule is CCCn1c(C)cc(C(=O)CSc2nc3ccccc3c3nc4ccccc4n23)c1C. The third kappa shape index (κ3) is 3.31. The van der Waals surface area contributed by atoms with Crippen LogP contribution >= 0.6 is 11.8 Å². The van der Waals surface area contributed by atoms with E-state index >= 15 is 0 Å². The van der Waals surface area contributed by atoms with Gasteiger partial charge in [-0.2, -0.15) is 0 Å². The zero-order valence-corrected chi connectivity index (χ0v) is 18.7. The fourth-order valence-electron chi connectivity index (χ4n) is 4.27. The van der Waals surface area contributed by atoms with E-state index in [1.165, 1.54) is 11.8 Å². The summed E-state index contributed by atoms with van der Waals surface area (Å²) in [5, 5.41) is 1.80. The minimum absolute atomic E-state index is 0.132. The molecule has 0 radical (unpaired) electrons. The van der Waals surface area contributed by atoms with Crippen LogP contribution in [0.1, 0.15) is 35.1 Å². The molecule has 3 heterocycles. The maximum Gasteiger partial charge on any atom is 0.175 e. The van der Waals surface area contributed by atoms with Crippen molar-refractivity contribution in [3.8, 4) is 0 Å². The lowest BCUT2D eigenvalue weighted by molar-refractivity contribution is 0.102. The minimum atomic E-state index is 0.132. The van der Waals surface area contributed by atoms with Crippen molar-refractivity contribution in [2.24, 2.45) is 0 Å². The Balaban J connectivity index is 1.56. The molecule has 6 heteroatoms. The van der Waals surface area contributed by atoms with Crippen molar-refractivity contribution in [2.45, 2.75) is 38.9 Å². The number of para-hydroxylation sites is 3. The third-order valence-corrected chi connectivity index (χ3v) is 6.71. The molecule has 0 amide bonds. The van der Waals surface area contributed by atoms with Gasteiger partial charge in [0, 0.05) is 28.9 Å². The van der Waals surface area contributed by atoms with E-state index in [9.17, 15) is 4.79 Å². The van der Waals surface area contributed by atoms with Gasteiger partial charge >= 0.3 is 0 Å². The first-order chi connectivity index (χ1) is 15.1. The quantitative estimate of drug-likeness (QED) is 0.194. The van der Waals surface area contributed by atoms with Crippen LogP contribution in [-0.4, -0.2) is 30.5 Å². The van der Waals surface area contributed by atoms with Crippen molar-refractivity contribution in [2.75, 3.05) is 5.75 Å². The van der Waals surface area contributed by atoms with Gasteiger partial charge in [-0.15, -0.1) is 0 Å². The van der Waals surface area contributed by atoms with E-state index in [2.05, 4.69) is 28.9 Å². The number of thioether (sulfide) groups is 1. The van der Waals surface area contributed by atoms with E-state index in [-0.39, 0.29) is 5.78 Å². The summed E-state index contributed by atoms with van der Waals surface area (Å²) in [5.41, 5.74) is 6.70. The molecular formula is C25H24N4OS. The first kappa shape index (κ1) is 19.8.